The Morgan fingerprint density at radius 1 is 1.25 bits per heavy atom. The van der Waals surface area contributed by atoms with Crippen molar-refractivity contribution in [1.82, 2.24) is 4.90 Å². The highest BCUT2D eigenvalue weighted by Crippen LogP contribution is 2.22. The largest absolute Gasteiger partial charge is 0.373 e. The van der Waals surface area contributed by atoms with Crippen LogP contribution in [0.2, 0.25) is 0 Å². The van der Waals surface area contributed by atoms with Gasteiger partial charge in [0.15, 0.2) is 17.5 Å². The molecule has 1 aromatic rings. The van der Waals surface area contributed by atoms with Crippen LogP contribution >= 0.6 is 0 Å². The summed E-state index contributed by atoms with van der Waals surface area (Å²) in [4.78, 5) is 24.7. The summed E-state index contributed by atoms with van der Waals surface area (Å²) in [5.74, 6) is -5.05. The minimum absolute atomic E-state index is 0.0779. The Hall–Kier alpha value is -2.05. The van der Waals surface area contributed by atoms with Gasteiger partial charge in [0, 0.05) is 24.4 Å². The molecular formula is C13H13F3N2O2. The van der Waals surface area contributed by atoms with Crippen LogP contribution in [0.5, 0.6) is 0 Å². The van der Waals surface area contributed by atoms with Crippen molar-refractivity contribution in [2.75, 3.05) is 11.9 Å². The monoisotopic (exact) mass is 286 g/mol. The number of nitrogens with one attached hydrogen (secondary N) is 1. The van der Waals surface area contributed by atoms with Gasteiger partial charge in [-0.2, -0.15) is 0 Å². The summed E-state index contributed by atoms with van der Waals surface area (Å²) in [5, 5.41) is 2.56. The Morgan fingerprint density at radius 2 is 1.85 bits per heavy atom. The number of carbonyl (C=O) groups is 2. The second-order valence-corrected chi connectivity index (χ2v) is 4.54. The average Bonchev–Trinajstić information content (AvgIpc) is 2.64. The van der Waals surface area contributed by atoms with Crippen LogP contribution in [0, 0.1) is 17.5 Å². The summed E-state index contributed by atoms with van der Waals surface area (Å²) in [7, 11) is 0. The highest BCUT2D eigenvalue weighted by atomic mass is 19.2. The number of hydrogen-bond donors (Lipinski definition) is 1. The second-order valence-electron chi connectivity index (χ2n) is 4.54. The van der Waals surface area contributed by atoms with Crippen LogP contribution in [-0.4, -0.2) is 29.3 Å². The second kappa shape index (κ2) is 5.52. The normalized spacial score (nSPS) is 18.8. The quantitative estimate of drug-likeness (QED) is 0.681. The number of likely N-dealkylation sites (tertiary alicyclic amines) is 1. The van der Waals surface area contributed by atoms with E-state index in [0.29, 0.717) is 13.0 Å². The van der Waals surface area contributed by atoms with Crippen molar-refractivity contribution in [3.8, 4) is 0 Å². The molecule has 0 spiro atoms. The first-order valence-electron chi connectivity index (χ1n) is 6.19. The summed E-state index contributed by atoms with van der Waals surface area (Å²) in [6.07, 6.45) is 0.545. The third kappa shape index (κ3) is 2.61. The molecule has 1 fully saturated rings. The van der Waals surface area contributed by atoms with Crippen LogP contribution in [0.3, 0.4) is 0 Å². The SMILES string of the molecule is CCCN1C(=O)CC(Nc2cc(F)c(F)c(F)c2)C1=O. The van der Waals surface area contributed by atoms with Crippen molar-refractivity contribution >= 4 is 17.5 Å². The molecule has 2 rings (SSSR count). The number of carbonyl (C=O) groups excluding carboxylic acids is 2. The molecule has 1 N–H and O–H groups in total. The van der Waals surface area contributed by atoms with Gasteiger partial charge in [-0.15, -0.1) is 0 Å². The number of nitrogens with zero attached hydrogens (tertiary/aromatic N) is 1. The first-order chi connectivity index (χ1) is 9.43. The summed E-state index contributed by atoms with van der Waals surface area (Å²) in [6.45, 7) is 2.13. The molecule has 20 heavy (non-hydrogen) atoms. The Labute approximate surface area is 113 Å². The maximum Gasteiger partial charge on any atom is 0.252 e. The standard InChI is InChI=1S/C13H13F3N2O2/c1-2-3-18-11(19)6-10(13(18)20)17-7-4-8(14)12(16)9(15)5-7/h4-5,10,17H,2-3,6H2,1H3. The first-order valence-corrected chi connectivity index (χ1v) is 6.19. The number of rotatable bonds is 4. The van der Waals surface area contributed by atoms with Crippen molar-refractivity contribution < 1.29 is 22.8 Å². The zero-order valence-electron chi connectivity index (χ0n) is 10.8. The molecule has 4 nitrogen and oxygen atoms in total. The Kier molecular flexibility index (Phi) is 3.96. The summed E-state index contributed by atoms with van der Waals surface area (Å²) in [6, 6.07) is 0.621. The maximum atomic E-state index is 13.1. The van der Waals surface area contributed by atoms with E-state index in [4.69, 9.17) is 0 Å². The molecule has 2 amide bonds. The van der Waals surface area contributed by atoms with Gasteiger partial charge < -0.3 is 5.32 Å². The van der Waals surface area contributed by atoms with Gasteiger partial charge in [0.05, 0.1) is 6.42 Å². The van der Waals surface area contributed by atoms with Gasteiger partial charge in [0.2, 0.25) is 5.91 Å². The number of amides is 2. The predicted molar refractivity (Wildman–Crippen MR) is 65.4 cm³/mol. The average molecular weight is 286 g/mol. The van der Waals surface area contributed by atoms with Crippen molar-refractivity contribution in [2.45, 2.75) is 25.8 Å². The van der Waals surface area contributed by atoms with Crippen molar-refractivity contribution in [3.63, 3.8) is 0 Å². The van der Waals surface area contributed by atoms with E-state index in [1.54, 1.807) is 0 Å². The lowest BCUT2D eigenvalue weighted by molar-refractivity contribution is -0.138. The van der Waals surface area contributed by atoms with Crippen LogP contribution in [0.15, 0.2) is 12.1 Å². The van der Waals surface area contributed by atoms with Gasteiger partial charge in [0.25, 0.3) is 5.91 Å². The van der Waals surface area contributed by atoms with Crippen molar-refractivity contribution in [2.24, 2.45) is 0 Å². The summed E-state index contributed by atoms with van der Waals surface area (Å²) < 4.78 is 39.0. The number of anilines is 1. The molecule has 1 heterocycles. The molecule has 1 atom stereocenters. The molecule has 0 saturated carbocycles. The van der Waals surface area contributed by atoms with Gasteiger partial charge in [-0.25, -0.2) is 13.2 Å². The molecule has 0 aliphatic carbocycles. The van der Waals surface area contributed by atoms with E-state index in [0.717, 1.165) is 17.0 Å². The van der Waals surface area contributed by atoms with Crippen molar-refractivity contribution in [1.29, 1.82) is 0 Å². The number of hydrogen-bond acceptors (Lipinski definition) is 3. The van der Waals surface area contributed by atoms with Gasteiger partial charge in [-0.1, -0.05) is 6.92 Å². The zero-order chi connectivity index (χ0) is 14.9. The van der Waals surface area contributed by atoms with E-state index < -0.39 is 29.4 Å². The van der Waals surface area contributed by atoms with E-state index in [-0.39, 0.29) is 18.0 Å². The molecule has 0 bridgehead atoms. The van der Waals surface area contributed by atoms with E-state index in [1.807, 2.05) is 6.92 Å². The fourth-order valence-corrected chi connectivity index (χ4v) is 2.09. The third-order valence-corrected chi connectivity index (χ3v) is 3.02. The fraction of sp³-hybridized carbons (Fsp3) is 0.385. The number of imide groups is 1. The zero-order valence-corrected chi connectivity index (χ0v) is 10.8. The summed E-state index contributed by atoms with van der Waals surface area (Å²) in [5.41, 5.74) is -0.0779. The molecule has 108 valence electrons. The van der Waals surface area contributed by atoms with E-state index >= 15 is 0 Å². The third-order valence-electron chi connectivity index (χ3n) is 3.02. The molecule has 0 radical (unpaired) electrons. The lowest BCUT2D eigenvalue weighted by Gasteiger charge is -2.15. The lowest BCUT2D eigenvalue weighted by Crippen LogP contribution is -2.35. The fourth-order valence-electron chi connectivity index (χ4n) is 2.09. The Balaban J connectivity index is 2.15. The molecule has 7 heteroatoms. The number of benzene rings is 1. The van der Waals surface area contributed by atoms with Crippen LogP contribution < -0.4 is 5.32 Å². The van der Waals surface area contributed by atoms with Gasteiger partial charge in [-0.05, 0) is 6.42 Å². The summed E-state index contributed by atoms with van der Waals surface area (Å²) >= 11 is 0. The minimum atomic E-state index is -1.57. The van der Waals surface area contributed by atoms with E-state index in [9.17, 15) is 22.8 Å². The van der Waals surface area contributed by atoms with Gasteiger partial charge >= 0.3 is 0 Å². The Morgan fingerprint density at radius 3 is 2.40 bits per heavy atom. The topological polar surface area (TPSA) is 49.4 Å². The van der Waals surface area contributed by atoms with Crippen LogP contribution in [0.1, 0.15) is 19.8 Å². The molecule has 1 unspecified atom stereocenters. The highest BCUT2D eigenvalue weighted by Gasteiger charge is 2.38. The maximum absolute atomic E-state index is 13.1. The molecule has 1 aliphatic heterocycles. The molecule has 1 aromatic carbocycles. The van der Waals surface area contributed by atoms with Gasteiger partial charge in [0.1, 0.15) is 6.04 Å². The number of halogens is 3. The minimum Gasteiger partial charge on any atom is -0.373 e. The van der Waals surface area contributed by atoms with E-state index in [2.05, 4.69) is 5.32 Å². The molecule has 0 aromatic heterocycles. The van der Waals surface area contributed by atoms with Crippen LogP contribution in [-0.2, 0) is 9.59 Å². The lowest BCUT2D eigenvalue weighted by atomic mass is 10.2. The molecule has 1 aliphatic rings. The predicted octanol–water partition coefficient (Wildman–Crippen LogP) is 2.05. The first kappa shape index (κ1) is 14.4. The van der Waals surface area contributed by atoms with Gasteiger partial charge in [-0.3, -0.25) is 14.5 Å². The van der Waals surface area contributed by atoms with E-state index in [1.165, 1.54) is 0 Å². The highest BCUT2D eigenvalue weighted by molar-refractivity contribution is 6.06. The smallest absolute Gasteiger partial charge is 0.252 e. The van der Waals surface area contributed by atoms with Crippen LogP contribution in [0.4, 0.5) is 18.9 Å². The van der Waals surface area contributed by atoms with Crippen molar-refractivity contribution in [3.05, 3.63) is 29.6 Å². The molecule has 1 saturated heterocycles. The molecular weight excluding hydrogens is 273 g/mol. The Bertz CT molecular complexity index is 540. The van der Waals surface area contributed by atoms with Crippen LogP contribution in [0.25, 0.3) is 0 Å².